The molecule has 78 valence electrons. The third kappa shape index (κ3) is 24.7. The van der Waals surface area contributed by atoms with Gasteiger partial charge in [-0.15, -0.1) is 6.58 Å². The lowest BCUT2D eigenvalue weighted by atomic mass is 10.4. The minimum absolute atomic E-state index is 0.910. The zero-order chi connectivity index (χ0) is 11.1. The van der Waals surface area contributed by atoms with Crippen molar-refractivity contribution in [2.24, 2.45) is 0 Å². The Bertz CT molecular complexity index is 129. The van der Waals surface area contributed by atoms with Gasteiger partial charge in [-0.1, -0.05) is 26.0 Å². The van der Waals surface area contributed by atoms with E-state index in [4.69, 9.17) is 4.74 Å². The first-order valence-corrected chi connectivity index (χ1v) is 4.66. The van der Waals surface area contributed by atoms with Gasteiger partial charge in [0.2, 0.25) is 0 Å². The maximum Gasteiger partial charge on any atom is 0.114 e. The van der Waals surface area contributed by atoms with Crippen LogP contribution >= 0.6 is 0 Å². The summed E-state index contributed by atoms with van der Waals surface area (Å²) >= 11 is 0. The summed E-state index contributed by atoms with van der Waals surface area (Å²) in [6.07, 6.45) is 7.53. The largest absolute Gasteiger partial charge is 0.497 e. The normalized spacial score (nSPS) is 9.23. The minimum Gasteiger partial charge on any atom is -0.497 e. The summed E-state index contributed by atoms with van der Waals surface area (Å²) in [5, 5.41) is 0. The second kappa shape index (κ2) is 22.5. The van der Waals surface area contributed by atoms with Crippen LogP contribution in [0.2, 0.25) is 0 Å². The van der Waals surface area contributed by atoms with E-state index in [1.807, 2.05) is 52.8 Å². The van der Waals surface area contributed by atoms with Crippen molar-refractivity contribution < 1.29 is 4.74 Å². The van der Waals surface area contributed by atoms with E-state index in [2.05, 4.69) is 6.58 Å². The number of hydrogen-bond donors (Lipinski definition) is 0. The maximum absolute atomic E-state index is 4.91. The Morgan fingerprint density at radius 2 is 1.54 bits per heavy atom. The molecule has 1 heteroatoms. The van der Waals surface area contributed by atoms with Crippen molar-refractivity contribution in [2.75, 3.05) is 7.11 Å². The standard InChI is InChI=1S/C7H12O.C3H6.C2H6/c1-4-6-7(5-2)8-3;1-3-2;1-2/h4-6H,1-3H3;3H,1H2,2H3;1-2H3/b6-4-,7-5+;;. The second-order valence-corrected chi connectivity index (χ2v) is 1.80. The molecule has 0 radical (unpaired) electrons. The van der Waals surface area contributed by atoms with Crippen LogP contribution in [-0.4, -0.2) is 7.11 Å². The summed E-state index contributed by atoms with van der Waals surface area (Å²) < 4.78 is 4.91. The van der Waals surface area contributed by atoms with Crippen LogP contribution in [-0.2, 0) is 4.74 Å². The van der Waals surface area contributed by atoms with Crippen LogP contribution in [0.25, 0.3) is 0 Å². The highest BCUT2D eigenvalue weighted by atomic mass is 16.5. The Morgan fingerprint density at radius 3 is 1.62 bits per heavy atom. The van der Waals surface area contributed by atoms with Gasteiger partial charge in [-0.2, -0.15) is 0 Å². The number of methoxy groups -OCH3 is 1. The second-order valence-electron chi connectivity index (χ2n) is 1.80. The molecular formula is C12H24O. The molecule has 13 heavy (non-hydrogen) atoms. The molecule has 0 aromatic rings. The lowest BCUT2D eigenvalue weighted by Crippen LogP contribution is -1.77. The fraction of sp³-hybridized carbons (Fsp3) is 0.500. The van der Waals surface area contributed by atoms with Gasteiger partial charge in [-0.25, -0.2) is 0 Å². The SMILES string of the molecule is C/C=C\C(=C/C)OC.C=CC.CC. The molecule has 0 unspecified atom stereocenters. The molecule has 0 saturated heterocycles. The molecule has 0 atom stereocenters. The Balaban J connectivity index is -0.000000169. The first kappa shape index (κ1) is 17.9. The van der Waals surface area contributed by atoms with Gasteiger partial charge in [0.25, 0.3) is 0 Å². The van der Waals surface area contributed by atoms with Crippen molar-refractivity contribution in [3.05, 3.63) is 36.6 Å². The highest BCUT2D eigenvalue weighted by molar-refractivity contribution is 5.09. The van der Waals surface area contributed by atoms with Crippen LogP contribution in [0.3, 0.4) is 0 Å². The molecule has 0 fully saturated rings. The first-order valence-electron chi connectivity index (χ1n) is 4.66. The predicted octanol–water partition coefficient (Wildman–Crippen LogP) is 4.33. The topological polar surface area (TPSA) is 9.23 Å². The van der Waals surface area contributed by atoms with Crippen LogP contribution in [0.5, 0.6) is 0 Å². The zero-order valence-electron chi connectivity index (χ0n) is 9.92. The molecule has 0 aromatic carbocycles. The molecule has 0 amide bonds. The van der Waals surface area contributed by atoms with Crippen molar-refractivity contribution in [3.63, 3.8) is 0 Å². The molecule has 0 aliphatic carbocycles. The van der Waals surface area contributed by atoms with Crippen molar-refractivity contribution in [1.29, 1.82) is 0 Å². The van der Waals surface area contributed by atoms with Gasteiger partial charge in [0, 0.05) is 0 Å². The van der Waals surface area contributed by atoms with Crippen molar-refractivity contribution in [3.8, 4) is 0 Å². The smallest absolute Gasteiger partial charge is 0.114 e. The van der Waals surface area contributed by atoms with Crippen LogP contribution < -0.4 is 0 Å². The summed E-state index contributed by atoms with van der Waals surface area (Å²) in [7, 11) is 1.66. The van der Waals surface area contributed by atoms with E-state index in [9.17, 15) is 0 Å². The van der Waals surface area contributed by atoms with Gasteiger partial charge >= 0.3 is 0 Å². The van der Waals surface area contributed by atoms with Gasteiger partial charge in [-0.05, 0) is 32.9 Å². The Kier molecular flexibility index (Phi) is 31.0. The van der Waals surface area contributed by atoms with Crippen LogP contribution in [0.1, 0.15) is 34.6 Å². The van der Waals surface area contributed by atoms with Gasteiger partial charge in [-0.3, -0.25) is 0 Å². The highest BCUT2D eigenvalue weighted by Crippen LogP contribution is 1.94. The average Bonchev–Trinajstić information content (AvgIpc) is 2.18. The van der Waals surface area contributed by atoms with Gasteiger partial charge < -0.3 is 4.74 Å². The molecule has 0 saturated carbocycles. The van der Waals surface area contributed by atoms with Crippen molar-refractivity contribution >= 4 is 0 Å². The van der Waals surface area contributed by atoms with Crippen LogP contribution in [0, 0.1) is 0 Å². The fourth-order valence-electron chi connectivity index (χ4n) is 0.446. The van der Waals surface area contributed by atoms with E-state index in [1.165, 1.54) is 0 Å². The summed E-state index contributed by atoms with van der Waals surface area (Å²) in [6, 6.07) is 0. The lowest BCUT2D eigenvalue weighted by Gasteiger charge is -1.94. The third-order valence-corrected chi connectivity index (χ3v) is 0.851. The van der Waals surface area contributed by atoms with E-state index < -0.39 is 0 Å². The summed E-state index contributed by atoms with van der Waals surface area (Å²) in [5.74, 6) is 0.910. The Labute approximate surface area is 83.8 Å². The van der Waals surface area contributed by atoms with Crippen molar-refractivity contribution in [2.45, 2.75) is 34.6 Å². The fourth-order valence-corrected chi connectivity index (χ4v) is 0.446. The lowest BCUT2D eigenvalue weighted by molar-refractivity contribution is 0.306. The Hall–Kier alpha value is -0.980. The molecule has 0 aromatic heterocycles. The number of hydrogen-bond acceptors (Lipinski definition) is 1. The van der Waals surface area contributed by atoms with Gasteiger partial charge in [0.05, 0.1) is 7.11 Å². The molecule has 1 nitrogen and oxygen atoms in total. The summed E-state index contributed by atoms with van der Waals surface area (Å²) in [4.78, 5) is 0. The molecule has 0 bridgehead atoms. The maximum atomic E-state index is 4.91. The molecule has 0 rings (SSSR count). The molecule has 0 aliphatic rings. The average molecular weight is 184 g/mol. The van der Waals surface area contributed by atoms with E-state index in [1.54, 1.807) is 13.2 Å². The third-order valence-electron chi connectivity index (χ3n) is 0.851. The monoisotopic (exact) mass is 184 g/mol. The highest BCUT2D eigenvalue weighted by Gasteiger charge is 1.79. The molecule has 0 heterocycles. The van der Waals surface area contributed by atoms with E-state index in [0.29, 0.717) is 0 Å². The number of rotatable bonds is 2. The van der Waals surface area contributed by atoms with E-state index >= 15 is 0 Å². The van der Waals surface area contributed by atoms with E-state index in [0.717, 1.165) is 5.76 Å². The van der Waals surface area contributed by atoms with Gasteiger partial charge in [0.15, 0.2) is 0 Å². The molecular weight excluding hydrogens is 160 g/mol. The number of allylic oxidation sites excluding steroid dienone is 4. The molecule has 0 spiro atoms. The zero-order valence-corrected chi connectivity index (χ0v) is 9.92. The van der Waals surface area contributed by atoms with E-state index in [-0.39, 0.29) is 0 Å². The molecule has 0 N–H and O–H groups in total. The summed E-state index contributed by atoms with van der Waals surface area (Å²) in [6.45, 7) is 13.2. The molecule has 0 aliphatic heterocycles. The van der Waals surface area contributed by atoms with Crippen LogP contribution in [0.15, 0.2) is 36.6 Å². The first-order chi connectivity index (χ1) is 6.26. The van der Waals surface area contributed by atoms with Crippen molar-refractivity contribution in [1.82, 2.24) is 0 Å². The Morgan fingerprint density at radius 1 is 1.15 bits per heavy atom. The van der Waals surface area contributed by atoms with Crippen LogP contribution in [0.4, 0.5) is 0 Å². The predicted molar refractivity (Wildman–Crippen MR) is 62.8 cm³/mol. The van der Waals surface area contributed by atoms with Gasteiger partial charge in [0.1, 0.15) is 5.76 Å². The quantitative estimate of drug-likeness (QED) is 0.352. The number of ether oxygens (including phenoxy) is 1. The minimum atomic E-state index is 0.910. The summed E-state index contributed by atoms with van der Waals surface area (Å²) in [5.41, 5.74) is 0.